The fourth-order valence-electron chi connectivity index (χ4n) is 1.75. The van der Waals surface area contributed by atoms with Crippen LogP contribution in [0.1, 0.15) is 31.0 Å². The number of hydrogen-bond acceptors (Lipinski definition) is 3. The molecule has 2 N–H and O–H groups in total. The molecule has 0 amide bonds. The number of hydrogen-bond donors (Lipinski definition) is 1. The Balaban J connectivity index is 2.10. The van der Waals surface area contributed by atoms with E-state index in [4.69, 9.17) is 5.73 Å². The summed E-state index contributed by atoms with van der Waals surface area (Å²) in [5.41, 5.74) is 7.27. The third kappa shape index (κ3) is 1.07. The van der Waals surface area contributed by atoms with Crippen molar-refractivity contribution in [2.24, 2.45) is 0 Å². The lowest BCUT2D eigenvalue weighted by Gasteiger charge is -2.21. The maximum Gasteiger partial charge on any atom is 0.157 e. The molecular formula is C10H12N4. The van der Waals surface area contributed by atoms with Crippen molar-refractivity contribution in [1.29, 1.82) is 0 Å². The van der Waals surface area contributed by atoms with Gasteiger partial charge in [-0.3, -0.25) is 0 Å². The first-order valence-corrected chi connectivity index (χ1v) is 4.95. The molecule has 0 radical (unpaired) electrons. The minimum absolute atomic E-state index is 0.580. The highest BCUT2D eigenvalue weighted by Gasteiger charge is 2.23. The van der Waals surface area contributed by atoms with E-state index in [1.807, 2.05) is 18.3 Å². The molecule has 0 aliphatic heterocycles. The molecule has 0 aromatic carbocycles. The predicted octanol–water partition coefficient (Wildman–Crippen LogP) is 1.58. The molecule has 14 heavy (non-hydrogen) atoms. The van der Waals surface area contributed by atoms with Crippen LogP contribution in [0, 0.1) is 0 Å². The van der Waals surface area contributed by atoms with E-state index in [0.717, 1.165) is 17.2 Å². The summed E-state index contributed by atoms with van der Waals surface area (Å²) in [6.45, 7) is 0. The summed E-state index contributed by atoms with van der Waals surface area (Å²) < 4.78 is 1.80. The van der Waals surface area contributed by atoms with Gasteiger partial charge in [-0.25, -0.2) is 9.50 Å². The third-order valence-corrected chi connectivity index (χ3v) is 2.85. The molecule has 2 heterocycles. The van der Waals surface area contributed by atoms with Crippen LogP contribution in [0.2, 0.25) is 0 Å². The van der Waals surface area contributed by atoms with Crippen molar-refractivity contribution < 1.29 is 0 Å². The fourth-order valence-corrected chi connectivity index (χ4v) is 1.75. The number of nitrogens with two attached hydrogens (primary N) is 1. The zero-order valence-electron chi connectivity index (χ0n) is 7.85. The van der Waals surface area contributed by atoms with Gasteiger partial charge in [0, 0.05) is 23.9 Å². The van der Waals surface area contributed by atoms with Gasteiger partial charge in [-0.15, -0.1) is 0 Å². The molecule has 0 spiro atoms. The van der Waals surface area contributed by atoms with E-state index in [-0.39, 0.29) is 0 Å². The highest BCUT2D eigenvalue weighted by atomic mass is 15.3. The summed E-state index contributed by atoms with van der Waals surface area (Å²) in [7, 11) is 0. The maximum atomic E-state index is 5.67. The number of rotatable bonds is 1. The number of nitrogens with zero attached hydrogens (tertiary/aromatic N) is 3. The van der Waals surface area contributed by atoms with Gasteiger partial charge < -0.3 is 5.73 Å². The number of anilines is 1. The van der Waals surface area contributed by atoms with Crippen LogP contribution in [0.25, 0.3) is 5.65 Å². The van der Waals surface area contributed by atoms with Gasteiger partial charge in [0.2, 0.25) is 0 Å². The Hall–Kier alpha value is -1.58. The van der Waals surface area contributed by atoms with Crippen LogP contribution in [-0.4, -0.2) is 14.6 Å². The lowest BCUT2D eigenvalue weighted by atomic mass is 9.85. The second-order valence-corrected chi connectivity index (χ2v) is 3.86. The monoisotopic (exact) mass is 188 g/mol. The van der Waals surface area contributed by atoms with Crippen molar-refractivity contribution >= 4 is 11.3 Å². The quantitative estimate of drug-likeness (QED) is 0.739. The van der Waals surface area contributed by atoms with E-state index in [1.54, 1.807) is 4.52 Å². The molecule has 1 saturated carbocycles. The second kappa shape index (κ2) is 2.70. The van der Waals surface area contributed by atoms with E-state index in [0.29, 0.717) is 5.92 Å². The van der Waals surface area contributed by atoms with Crippen LogP contribution in [0.3, 0.4) is 0 Å². The number of fused-ring (bicyclic) bond motifs is 1. The summed E-state index contributed by atoms with van der Waals surface area (Å²) in [4.78, 5) is 4.47. The molecule has 4 nitrogen and oxygen atoms in total. The lowest BCUT2D eigenvalue weighted by molar-refractivity contribution is 0.402. The molecule has 3 rings (SSSR count). The molecule has 1 fully saturated rings. The van der Waals surface area contributed by atoms with E-state index in [1.165, 1.54) is 19.3 Å². The number of aromatic nitrogens is 3. The first-order valence-electron chi connectivity index (χ1n) is 4.95. The van der Waals surface area contributed by atoms with Gasteiger partial charge in [0.15, 0.2) is 11.5 Å². The third-order valence-electron chi connectivity index (χ3n) is 2.85. The maximum absolute atomic E-state index is 5.67. The van der Waals surface area contributed by atoms with Gasteiger partial charge in [-0.05, 0) is 18.9 Å². The van der Waals surface area contributed by atoms with Crippen molar-refractivity contribution in [2.45, 2.75) is 25.2 Å². The molecule has 2 aromatic heterocycles. The average molecular weight is 188 g/mol. The van der Waals surface area contributed by atoms with Crippen LogP contribution in [0.5, 0.6) is 0 Å². The molecular weight excluding hydrogens is 176 g/mol. The highest BCUT2D eigenvalue weighted by Crippen LogP contribution is 2.34. The van der Waals surface area contributed by atoms with Crippen LogP contribution >= 0.6 is 0 Å². The zero-order valence-corrected chi connectivity index (χ0v) is 7.85. The van der Waals surface area contributed by atoms with E-state index in [9.17, 15) is 0 Å². The normalized spacial score (nSPS) is 17.1. The first kappa shape index (κ1) is 7.79. The standard InChI is InChI=1S/C10H12N4/c11-8-4-5-14-9(6-8)12-10(13-14)7-2-1-3-7/h4-7H,1-3,11H2. The summed E-state index contributed by atoms with van der Waals surface area (Å²) in [6.07, 6.45) is 5.63. The van der Waals surface area contributed by atoms with Gasteiger partial charge in [0.05, 0.1) is 0 Å². The van der Waals surface area contributed by atoms with Crippen molar-refractivity contribution in [2.75, 3.05) is 5.73 Å². The SMILES string of the molecule is Nc1ccn2nc(C3CCC3)nc2c1. The van der Waals surface area contributed by atoms with Crippen molar-refractivity contribution in [3.63, 3.8) is 0 Å². The molecule has 1 aliphatic rings. The predicted molar refractivity (Wildman–Crippen MR) is 54.0 cm³/mol. The summed E-state index contributed by atoms with van der Waals surface area (Å²) in [5, 5.41) is 4.43. The fraction of sp³-hybridized carbons (Fsp3) is 0.400. The van der Waals surface area contributed by atoms with Crippen LogP contribution in [0.4, 0.5) is 5.69 Å². The smallest absolute Gasteiger partial charge is 0.157 e. The highest BCUT2D eigenvalue weighted by molar-refractivity contribution is 5.50. The molecule has 0 saturated heterocycles. The van der Waals surface area contributed by atoms with Crippen molar-refractivity contribution in [3.05, 3.63) is 24.2 Å². The average Bonchev–Trinajstić information content (AvgIpc) is 2.43. The van der Waals surface area contributed by atoms with Crippen molar-refractivity contribution in [1.82, 2.24) is 14.6 Å². The Morgan fingerprint density at radius 2 is 2.29 bits per heavy atom. The van der Waals surface area contributed by atoms with Crippen LogP contribution < -0.4 is 5.73 Å². The minimum Gasteiger partial charge on any atom is -0.399 e. The number of nitrogen functional groups attached to an aromatic ring is 1. The Kier molecular flexibility index (Phi) is 1.50. The second-order valence-electron chi connectivity index (χ2n) is 3.86. The molecule has 1 aliphatic carbocycles. The molecule has 2 aromatic rings. The van der Waals surface area contributed by atoms with Gasteiger partial charge in [0.1, 0.15) is 0 Å². The Labute approximate surface area is 81.8 Å². The summed E-state index contributed by atoms with van der Waals surface area (Å²) >= 11 is 0. The van der Waals surface area contributed by atoms with E-state index in [2.05, 4.69) is 10.1 Å². The number of pyridine rings is 1. The summed E-state index contributed by atoms with van der Waals surface area (Å²) in [6, 6.07) is 3.70. The minimum atomic E-state index is 0.580. The Morgan fingerprint density at radius 1 is 1.43 bits per heavy atom. The molecule has 0 unspecified atom stereocenters. The first-order chi connectivity index (χ1) is 6.83. The zero-order chi connectivity index (χ0) is 9.54. The van der Waals surface area contributed by atoms with Crippen molar-refractivity contribution in [3.8, 4) is 0 Å². The van der Waals surface area contributed by atoms with Crippen LogP contribution in [0.15, 0.2) is 18.3 Å². The molecule has 0 atom stereocenters. The lowest BCUT2D eigenvalue weighted by Crippen LogP contribution is -2.10. The molecule has 72 valence electrons. The summed E-state index contributed by atoms with van der Waals surface area (Å²) in [5.74, 6) is 1.55. The largest absolute Gasteiger partial charge is 0.399 e. The Morgan fingerprint density at radius 3 is 3.00 bits per heavy atom. The topological polar surface area (TPSA) is 56.2 Å². The molecule has 4 heteroatoms. The Bertz CT molecular complexity index is 470. The van der Waals surface area contributed by atoms with Crippen LogP contribution in [-0.2, 0) is 0 Å². The van der Waals surface area contributed by atoms with Gasteiger partial charge in [-0.1, -0.05) is 6.42 Å². The van der Waals surface area contributed by atoms with E-state index < -0.39 is 0 Å². The molecule has 0 bridgehead atoms. The van der Waals surface area contributed by atoms with Gasteiger partial charge in [-0.2, -0.15) is 5.10 Å². The van der Waals surface area contributed by atoms with Gasteiger partial charge >= 0.3 is 0 Å². The van der Waals surface area contributed by atoms with E-state index >= 15 is 0 Å². The van der Waals surface area contributed by atoms with Gasteiger partial charge in [0.25, 0.3) is 0 Å².